The number of amides is 4. The SMILES string of the molecule is CC(C)C(C(N)=O)(c1ccccc1)[N+]1(C(N)=O)C(=O)[CH]N=C(c2ccccc2)c2ccccc21. The van der Waals surface area contributed by atoms with E-state index >= 15 is 0 Å². The van der Waals surface area contributed by atoms with Gasteiger partial charge in [-0.15, -0.1) is 4.48 Å². The molecule has 2 unspecified atom stereocenters. The second-order valence-corrected chi connectivity index (χ2v) is 8.49. The number of benzene rings is 3. The third-order valence-electron chi connectivity index (χ3n) is 6.49. The summed E-state index contributed by atoms with van der Waals surface area (Å²) in [7, 11) is 0. The Bertz CT molecular complexity index is 1290. The predicted molar refractivity (Wildman–Crippen MR) is 131 cm³/mol. The summed E-state index contributed by atoms with van der Waals surface area (Å²) in [6.07, 6.45) is 0. The van der Waals surface area contributed by atoms with Crippen molar-refractivity contribution in [2.75, 3.05) is 0 Å². The number of quaternary nitrogens is 1. The Hall–Kier alpha value is -4.10. The molecule has 1 aliphatic heterocycles. The zero-order valence-corrected chi connectivity index (χ0v) is 19.0. The van der Waals surface area contributed by atoms with Crippen LogP contribution in [-0.2, 0) is 15.1 Å². The molecule has 4 N–H and O–H groups in total. The van der Waals surface area contributed by atoms with Crippen LogP contribution in [0, 0.1) is 12.5 Å². The lowest BCUT2D eigenvalue weighted by Gasteiger charge is -2.47. The van der Waals surface area contributed by atoms with Crippen LogP contribution >= 0.6 is 0 Å². The van der Waals surface area contributed by atoms with E-state index in [0.717, 1.165) is 12.1 Å². The number of para-hydroxylation sites is 1. The van der Waals surface area contributed by atoms with Crippen molar-refractivity contribution >= 4 is 29.2 Å². The van der Waals surface area contributed by atoms with Crippen LogP contribution in [0.3, 0.4) is 0 Å². The number of primary amides is 2. The Kier molecular flexibility index (Phi) is 5.89. The molecule has 2 atom stereocenters. The largest absolute Gasteiger partial charge is 0.427 e. The third kappa shape index (κ3) is 3.08. The van der Waals surface area contributed by atoms with Crippen molar-refractivity contribution in [1.82, 2.24) is 4.48 Å². The van der Waals surface area contributed by atoms with Crippen molar-refractivity contribution in [3.63, 3.8) is 0 Å². The van der Waals surface area contributed by atoms with E-state index in [0.29, 0.717) is 16.8 Å². The molecule has 7 heteroatoms. The number of hydrogen-bond acceptors (Lipinski definition) is 4. The summed E-state index contributed by atoms with van der Waals surface area (Å²) in [5, 5.41) is 0. The molecule has 1 radical (unpaired) electrons. The van der Waals surface area contributed by atoms with Crippen LogP contribution in [0.5, 0.6) is 0 Å². The van der Waals surface area contributed by atoms with Gasteiger partial charge in [-0.1, -0.05) is 86.6 Å². The Labute approximate surface area is 198 Å². The van der Waals surface area contributed by atoms with E-state index in [9.17, 15) is 14.4 Å². The van der Waals surface area contributed by atoms with E-state index in [1.165, 1.54) is 0 Å². The molecule has 3 aromatic rings. The van der Waals surface area contributed by atoms with Gasteiger partial charge in [-0.2, -0.15) is 0 Å². The number of hydrogen-bond donors (Lipinski definition) is 2. The highest BCUT2D eigenvalue weighted by atomic mass is 16.2. The molecule has 0 saturated heterocycles. The Morgan fingerprint density at radius 3 is 1.97 bits per heavy atom. The number of fused-ring (bicyclic) bond motifs is 1. The van der Waals surface area contributed by atoms with Gasteiger partial charge in [0.1, 0.15) is 0 Å². The minimum atomic E-state index is -1.83. The van der Waals surface area contributed by atoms with Gasteiger partial charge in [0, 0.05) is 23.1 Å². The van der Waals surface area contributed by atoms with E-state index in [1.807, 2.05) is 30.3 Å². The highest BCUT2D eigenvalue weighted by Gasteiger charge is 2.69. The van der Waals surface area contributed by atoms with Gasteiger partial charge >= 0.3 is 11.9 Å². The fraction of sp³-hybridized carbons (Fsp3) is 0.148. The monoisotopic (exact) mass is 454 g/mol. The first-order valence-electron chi connectivity index (χ1n) is 10.9. The Morgan fingerprint density at radius 2 is 1.41 bits per heavy atom. The minimum absolute atomic E-state index is 0.243. The highest BCUT2D eigenvalue weighted by Crippen LogP contribution is 2.48. The van der Waals surface area contributed by atoms with E-state index in [-0.39, 0.29) is 5.69 Å². The van der Waals surface area contributed by atoms with Gasteiger partial charge in [0.05, 0.1) is 11.3 Å². The number of carbonyl (C=O) groups is 3. The second-order valence-electron chi connectivity index (χ2n) is 8.49. The molecule has 0 bridgehead atoms. The van der Waals surface area contributed by atoms with E-state index in [2.05, 4.69) is 4.99 Å². The van der Waals surface area contributed by atoms with Gasteiger partial charge in [-0.05, 0) is 6.07 Å². The molecule has 1 heterocycles. The number of imide groups is 1. The first-order valence-corrected chi connectivity index (χ1v) is 10.9. The molecule has 4 amide bonds. The average Bonchev–Trinajstić information content (AvgIpc) is 2.96. The molecule has 0 aromatic heterocycles. The summed E-state index contributed by atoms with van der Waals surface area (Å²) in [5.74, 6) is -2.18. The van der Waals surface area contributed by atoms with Crippen LogP contribution < -0.4 is 16.0 Å². The molecule has 0 fully saturated rings. The molecular formula is C27H26N4O3+. The fourth-order valence-corrected chi connectivity index (χ4v) is 5.15. The van der Waals surface area contributed by atoms with Crippen LogP contribution in [0.25, 0.3) is 0 Å². The van der Waals surface area contributed by atoms with E-state index < -0.39 is 33.8 Å². The van der Waals surface area contributed by atoms with Gasteiger partial charge in [-0.3, -0.25) is 9.79 Å². The normalized spacial score (nSPS) is 19.5. The molecule has 171 valence electrons. The average molecular weight is 455 g/mol. The lowest BCUT2D eigenvalue weighted by molar-refractivity contribution is -0.142. The standard InChI is InChI=1S/C27H25N4O3/c1-18(2)27(25(28)33,20-13-7-4-8-14-20)31(26(29)34)22-16-10-9-15-21(22)24(30-17-23(31)32)19-11-5-3-6-12-19/h3-18H,1-2H3,(H3-,28,29,33,34)/p+1. The molecule has 34 heavy (non-hydrogen) atoms. The summed E-state index contributed by atoms with van der Waals surface area (Å²) in [6.45, 7) is 4.58. The molecular weight excluding hydrogens is 428 g/mol. The van der Waals surface area contributed by atoms with Gasteiger partial charge in [0.2, 0.25) is 12.1 Å². The first kappa shape index (κ1) is 23.1. The molecule has 7 nitrogen and oxygen atoms in total. The van der Waals surface area contributed by atoms with Crippen molar-refractivity contribution in [1.29, 1.82) is 0 Å². The lowest BCUT2D eigenvalue weighted by Crippen LogP contribution is -2.77. The molecule has 4 rings (SSSR count). The number of nitrogens with zero attached hydrogens (tertiary/aromatic N) is 2. The van der Waals surface area contributed by atoms with Crippen LogP contribution in [0.1, 0.15) is 30.5 Å². The number of urea groups is 1. The van der Waals surface area contributed by atoms with Crippen LogP contribution in [-0.4, -0.2) is 23.6 Å². The smallest absolute Gasteiger partial charge is 0.364 e. The summed E-state index contributed by atoms with van der Waals surface area (Å²) < 4.78 is -1.14. The third-order valence-corrected chi connectivity index (χ3v) is 6.49. The Balaban J connectivity index is 2.18. The molecule has 0 saturated carbocycles. The maximum absolute atomic E-state index is 14.0. The van der Waals surface area contributed by atoms with Crippen LogP contribution in [0.2, 0.25) is 0 Å². The number of aliphatic imine (C=N–C) groups is 1. The van der Waals surface area contributed by atoms with E-state index in [1.54, 1.807) is 68.4 Å². The van der Waals surface area contributed by atoms with Crippen molar-refractivity contribution in [3.8, 4) is 0 Å². The summed E-state index contributed by atoms with van der Waals surface area (Å²) in [5.41, 5.74) is 12.8. The van der Waals surface area contributed by atoms with Gasteiger partial charge in [-0.25, -0.2) is 9.59 Å². The molecule has 1 aliphatic rings. The number of rotatable bonds is 5. The first-order chi connectivity index (χ1) is 16.3. The molecule has 3 aromatic carbocycles. The van der Waals surface area contributed by atoms with Crippen molar-refractivity contribution in [2.45, 2.75) is 19.4 Å². The lowest BCUT2D eigenvalue weighted by atomic mass is 9.74. The summed E-state index contributed by atoms with van der Waals surface area (Å²) in [4.78, 5) is 45.6. The highest BCUT2D eigenvalue weighted by molar-refractivity contribution is 6.25. The van der Waals surface area contributed by atoms with E-state index in [4.69, 9.17) is 11.5 Å². The van der Waals surface area contributed by atoms with Gasteiger partial charge < -0.3 is 11.5 Å². The molecule has 0 spiro atoms. The number of benzodiazepines with no additional fused rings is 1. The zero-order chi connectivity index (χ0) is 24.5. The zero-order valence-electron chi connectivity index (χ0n) is 19.0. The summed E-state index contributed by atoms with van der Waals surface area (Å²) in [6, 6.07) is 23.8. The van der Waals surface area contributed by atoms with Crippen molar-refractivity contribution in [2.24, 2.45) is 22.4 Å². The summed E-state index contributed by atoms with van der Waals surface area (Å²) >= 11 is 0. The second kappa shape index (κ2) is 8.68. The van der Waals surface area contributed by atoms with Crippen LogP contribution in [0.4, 0.5) is 10.5 Å². The van der Waals surface area contributed by atoms with Crippen molar-refractivity contribution < 1.29 is 14.4 Å². The topological polar surface area (TPSA) is 116 Å². The maximum atomic E-state index is 14.0. The number of nitrogens with two attached hydrogens (primary N) is 2. The minimum Gasteiger partial charge on any atom is -0.364 e. The van der Waals surface area contributed by atoms with Gasteiger partial charge in [0.25, 0.3) is 5.91 Å². The quantitative estimate of drug-likeness (QED) is 0.573. The van der Waals surface area contributed by atoms with Crippen LogP contribution in [0.15, 0.2) is 89.9 Å². The fourth-order valence-electron chi connectivity index (χ4n) is 5.15. The van der Waals surface area contributed by atoms with Gasteiger partial charge in [0.15, 0.2) is 5.69 Å². The number of carbonyl (C=O) groups excluding carboxylic acids is 3. The maximum Gasteiger partial charge on any atom is 0.427 e. The molecule has 0 aliphatic carbocycles. The Morgan fingerprint density at radius 1 is 0.853 bits per heavy atom. The predicted octanol–water partition coefficient (Wildman–Crippen LogP) is 3.65. The van der Waals surface area contributed by atoms with Crippen molar-refractivity contribution in [3.05, 3.63) is 108 Å².